The summed E-state index contributed by atoms with van der Waals surface area (Å²) in [6.07, 6.45) is 3.83. The monoisotopic (exact) mass is 196 g/mol. The maximum atomic E-state index is 9.15. The Hall–Kier alpha value is -0.200. The second kappa shape index (κ2) is 4.34. The number of rotatable bonds is 2. The Balaban J connectivity index is 1.95. The van der Waals surface area contributed by atoms with Crippen LogP contribution in [-0.2, 0) is 0 Å². The van der Waals surface area contributed by atoms with Crippen LogP contribution in [0.5, 0.6) is 0 Å². The molecule has 0 saturated carbocycles. The summed E-state index contributed by atoms with van der Waals surface area (Å²) in [7, 11) is 0. The van der Waals surface area contributed by atoms with E-state index in [1.165, 1.54) is 30.8 Å². The molecule has 3 heteroatoms. The van der Waals surface area contributed by atoms with Gasteiger partial charge in [-0.1, -0.05) is 0 Å². The number of hydrogen-bond acceptors (Lipinski definition) is 3. The Morgan fingerprint density at radius 2 is 2.15 bits per heavy atom. The van der Waals surface area contributed by atoms with Gasteiger partial charge in [-0.25, -0.2) is 0 Å². The van der Waals surface area contributed by atoms with Gasteiger partial charge in [0.1, 0.15) is 6.04 Å². The summed E-state index contributed by atoms with van der Waals surface area (Å²) < 4.78 is 0. The molecule has 0 aromatic carbocycles. The van der Waals surface area contributed by atoms with E-state index in [9.17, 15) is 0 Å². The van der Waals surface area contributed by atoms with E-state index in [1.54, 1.807) is 0 Å². The van der Waals surface area contributed by atoms with Crippen LogP contribution in [0.1, 0.15) is 19.3 Å². The number of thioether (sulfide) groups is 1. The molecule has 2 aliphatic heterocycles. The van der Waals surface area contributed by atoms with Gasteiger partial charge in [-0.05, 0) is 49.8 Å². The van der Waals surface area contributed by atoms with Crippen molar-refractivity contribution in [2.75, 3.05) is 24.6 Å². The number of nitrogens with zero attached hydrogens (tertiary/aromatic N) is 2. The standard InChI is InChI=1S/C10H16N2S/c11-7-10(9-3-6-13-8-9)12-4-1-2-5-12/h9-10H,1-6,8H2. The van der Waals surface area contributed by atoms with Gasteiger partial charge in [0, 0.05) is 0 Å². The van der Waals surface area contributed by atoms with E-state index < -0.39 is 0 Å². The molecule has 2 unspecified atom stereocenters. The zero-order valence-corrected chi connectivity index (χ0v) is 8.72. The van der Waals surface area contributed by atoms with Crippen LogP contribution in [0.25, 0.3) is 0 Å². The molecule has 0 aromatic rings. The van der Waals surface area contributed by atoms with Gasteiger partial charge in [-0.3, -0.25) is 4.90 Å². The zero-order chi connectivity index (χ0) is 9.10. The predicted octanol–water partition coefficient (Wildman–Crippen LogP) is 1.73. The van der Waals surface area contributed by atoms with Gasteiger partial charge in [0.05, 0.1) is 6.07 Å². The highest BCUT2D eigenvalue weighted by atomic mass is 32.2. The fourth-order valence-electron chi connectivity index (χ4n) is 2.31. The molecular weight excluding hydrogens is 180 g/mol. The van der Waals surface area contributed by atoms with E-state index in [2.05, 4.69) is 11.0 Å². The van der Waals surface area contributed by atoms with Gasteiger partial charge < -0.3 is 0 Å². The minimum Gasteiger partial charge on any atom is -0.288 e. The smallest absolute Gasteiger partial charge is 0.101 e. The summed E-state index contributed by atoms with van der Waals surface area (Å²) >= 11 is 2.01. The molecule has 2 fully saturated rings. The maximum absolute atomic E-state index is 9.15. The Kier molecular flexibility index (Phi) is 3.13. The van der Waals surface area contributed by atoms with E-state index >= 15 is 0 Å². The molecule has 2 aliphatic rings. The molecule has 2 atom stereocenters. The van der Waals surface area contributed by atoms with E-state index in [0.717, 1.165) is 13.1 Å². The lowest BCUT2D eigenvalue weighted by molar-refractivity contribution is 0.233. The molecule has 13 heavy (non-hydrogen) atoms. The SMILES string of the molecule is N#CC(C1CCSC1)N1CCCC1. The summed E-state index contributed by atoms with van der Waals surface area (Å²) in [5.41, 5.74) is 0. The Morgan fingerprint density at radius 1 is 1.38 bits per heavy atom. The average molecular weight is 196 g/mol. The number of nitriles is 1. The summed E-state index contributed by atoms with van der Waals surface area (Å²) in [6.45, 7) is 2.30. The van der Waals surface area contributed by atoms with E-state index in [1.807, 2.05) is 11.8 Å². The average Bonchev–Trinajstić information content (AvgIpc) is 2.76. The van der Waals surface area contributed by atoms with Crippen molar-refractivity contribution in [3.05, 3.63) is 0 Å². The molecule has 2 heterocycles. The van der Waals surface area contributed by atoms with Crippen molar-refractivity contribution in [1.29, 1.82) is 5.26 Å². The van der Waals surface area contributed by atoms with Crippen LogP contribution in [0, 0.1) is 17.2 Å². The molecule has 0 aromatic heterocycles. The highest BCUT2D eigenvalue weighted by molar-refractivity contribution is 7.99. The molecule has 72 valence electrons. The van der Waals surface area contributed by atoms with Gasteiger partial charge in [-0.2, -0.15) is 17.0 Å². The van der Waals surface area contributed by atoms with E-state index in [4.69, 9.17) is 5.26 Å². The lowest BCUT2D eigenvalue weighted by Crippen LogP contribution is -2.37. The second-order valence-corrected chi connectivity index (χ2v) is 5.09. The van der Waals surface area contributed by atoms with E-state index in [0.29, 0.717) is 5.92 Å². The first-order valence-electron chi connectivity index (χ1n) is 5.13. The molecule has 2 rings (SSSR count). The highest BCUT2D eigenvalue weighted by Crippen LogP contribution is 2.29. The van der Waals surface area contributed by atoms with Crippen molar-refractivity contribution in [3.8, 4) is 6.07 Å². The van der Waals surface area contributed by atoms with Gasteiger partial charge in [-0.15, -0.1) is 0 Å². The molecule has 0 N–H and O–H groups in total. The van der Waals surface area contributed by atoms with Crippen LogP contribution in [0.2, 0.25) is 0 Å². The molecular formula is C10H16N2S. The summed E-state index contributed by atoms with van der Waals surface area (Å²) in [5.74, 6) is 3.11. The minimum absolute atomic E-state index is 0.220. The van der Waals surface area contributed by atoms with Crippen LogP contribution < -0.4 is 0 Å². The predicted molar refractivity (Wildman–Crippen MR) is 55.6 cm³/mol. The number of likely N-dealkylation sites (tertiary alicyclic amines) is 1. The van der Waals surface area contributed by atoms with Crippen molar-refractivity contribution >= 4 is 11.8 Å². The van der Waals surface area contributed by atoms with Crippen LogP contribution in [-0.4, -0.2) is 35.5 Å². The lowest BCUT2D eigenvalue weighted by atomic mass is 9.99. The Bertz CT molecular complexity index is 183. The van der Waals surface area contributed by atoms with Crippen LogP contribution in [0.4, 0.5) is 0 Å². The van der Waals surface area contributed by atoms with Gasteiger partial charge in [0.2, 0.25) is 0 Å². The molecule has 0 amide bonds. The van der Waals surface area contributed by atoms with Crippen LogP contribution >= 0.6 is 11.8 Å². The topological polar surface area (TPSA) is 27.0 Å². The quantitative estimate of drug-likeness (QED) is 0.673. The first-order valence-corrected chi connectivity index (χ1v) is 6.28. The highest BCUT2D eigenvalue weighted by Gasteiger charge is 2.31. The van der Waals surface area contributed by atoms with Crippen molar-refractivity contribution in [2.45, 2.75) is 25.3 Å². The molecule has 0 radical (unpaired) electrons. The normalized spacial score (nSPS) is 31.8. The third-order valence-corrected chi connectivity index (χ3v) is 4.27. The second-order valence-electron chi connectivity index (χ2n) is 3.94. The van der Waals surface area contributed by atoms with Crippen molar-refractivity contribution in [2.24, 2.45) is 5.92 Å². The first-order chi connectivity index (χ1) is 6.42. The van der Waals surface area contributed by atoms with Crippen molar-refractivity contribution in [3.63, 3.8) is 0 Å². The summed E-state index contributed by atoms with van der Waals surface area (Å²) in [6, 6.07) is 2.72. The third-order valence-electron chi connectivity index (χ3n) is 3.08. The van der Waals surface area contributed by atoms with E-state index in [-0.39, 0.29) is 6.04 Å². The Labute approximate surface area is 84.3 Å². The minimum atomic E-state index is 0.220. The molecule has 2 nitrogen and oxygen atoms in total. The third kappa shape index (κ3) is 2.00. The first kappa shape index (κ1) is 9.36. The molecule has 0 bridgehead atoms. The Morgan fingerprint density at radius 3 is 2.69 bits per heavy atom. The summed E-state index contributed by atoms with van der Waals surface area (Å²) in [4.78, 5) is 2.39. The number of hydrogen-bond donors (Lipinski definition) is 0. The van der Waals surface area contributed by atoms with Crippen LogP contribution in [0.3, 0.4) is 0 Å². The zero-order valence-electron chi connectivity index (χ0n) is 7.91. The fourth-order valence-corrected chi connectivity index (χ4v) is 3.59. The maximum Gasteiger partial charge on any atom is 0.101 e. The lowest BCUT2D eigenvalue weighted by Gasteiger charge is -2.25. The van der Waals surface area contributed by atoms with Crippen molar-refractivity contribution < 1.29 is 0 Å². The summed E-state index contributed by atoms with van der Waals surface area (Å²) in [5, 5.41) is 9.15. The van der Waals surface area contributed by atoms with Crippen LogP contribution in [0.15, 0.2) is 0 Å². The molecule has 0 spiro atoms. The molecule has 2 saturated heterocycles. The molecule has 0 aliphatic carbocycles. The van der Waals surface area contributed by atoms with Crippen molar-refractivity contribution in [1.82, 2.24) is 4.90 Å². The van der Waals surface area contributed by atoms with Gasteiger partial charge in [0.15, 0.2) is 0 Å². The fraction of sp³-hybridized carbons (Fsp3) is 0.900. The van der Waals surface area contributed by atoms with Gasteiger partial charge in [0.25, 0.3) is 0 Å². The van der Waals surface area contributed by atoms with Gasteiger partial charge >= 0.3 is 0 Å². The largest absolute Gasteiger partial charge is 0.288 e.